The van der Waals surface area contributed by atoms with E-state index >= 15 is 0 Å². The summed E-state index contributed by atoms with van der Waals surface area (Å²) in [7, 11) is 0. The Labute approximate surface area is 102 Å². The van der Waals surface area contributed by atoms with E-state index in [1.54, 1.807) is 0 Å². The topological polar surface area (TPSA) is 40.5 Å². The lowest BCUT2D eigenvalue weighted by Gasteiger charge is -2.23. The number of hydrogen-bond acceptors (Lipinski definition) is 2. The molecule has 1 heterocycles. The molecule has 0 fully saturated rings. The molecule has 0 spiro atoms. The number of carbonyl (C=O) groups is 1. The summed E-state index contributed by atoms with van der Waals surface area (Å²) in [6, 6.07) is 7.89. The van der Waals surface area contributed by atoms with E-state index in [-0.39, 0.29) is 6.04 Å². The van der Waals surface area contributed by atoms with Crippen LogP contribution in [0, 0.1) is 0 Å². The lowest BCUT2D eigenvalue weighted by atomic mass is 10.1. The van der Waals surface area contributed by atoms with Gasteiger partial charge >= 0.3 is 5.97 Å². The van der Waals surface area contributed by atoms with E-state index < -0.39 is 5.97 Å². The number of unbranched alkanes of at least 4 members (excludes halogenated alkanes) is 1. The van der Waals surface area contributed by atoms with Gasteiger partial charge in [-0.15, -0.1) is 0 Å². The third kappa shape index (κ3) is 2.67. The van der Waals surface area contributed by atoms with Crippen molar-refractivity contribution in [2.45, 2.75) is 45.3 Å². The third-order valence-corrected chi connectivity index (χ3v) is 3.42. The molecule has 0 bridgehead atoms. The van der Waals surface area contributed by atoms with Crippen molar-refractivity contribution >= 4 is 5.97 Å². The summed E-state index contributed by atoms with van der Waals surface area (Å²) in [6.07, 6.45) is 2.77. The van der Waals surface area contributed by atoms with Crippen molar-refractivity contribution in [3.05, 3.63) is 35.4 Å². The maximum atomic E-state index is 11.3. The highest BCUT2D eigenvalue weighted by Gasteiger charge is 2.29. The summed E-state index contributed by atoms with van der Waals surface area (Å²) in [5.41, 5.74) is 2.55. The van der Waals surface area contributed by atoms with Crippen LogP contribution in [-0.2, 0) is 17.9 Å². The SMILES string of the molecule is CCCCC(C(=O)O)N1Cc2ccccc2C1. The zero-order valence-corrected chi connectivity index (χ0v) is 10.2. The molecule has 0 saturated heterocycles. The van der Waals surface area contributed by atoms with Gasteiger partial charge in [0.25, 0.3) is 0 Å². The second-order valence-corrected chi connectivity index (χ2v) is 4.67. The Morgan fingerprint density at radius 1 is 1.35 bits per heavy atom. The zero-order chi connectivity index (χ0) is 12.3. The third-order valence-electron chi connectivity index (χ3n) is 3.42. The predicted octanol–water partition coefficient (Wildman–Crippen LogP) is 2.65. The van der Waals surface area contributed by atoms with Crippen molar-refractivity contribution < 1.29 is 9.90 Å². The molecule has 0 saturated carbocycles. The fourth-order valence-corrected chi connectivity index (χ4v) is 2.44. The molecule has 1 N–H and O–H groups in total. The Kier molecular flexibility index (Phi) is 3.79. The fraction of sp³-hybridized carbons (Fsp3) is 0.500. The Balaban J connectivity index is 2.06. The molecule has 0 amide bonds. The summed E-state index contributed by atoms with van der Waals surface area (Å²) in [6.45, 7) is 3.64. The van der Waals surface area contributed by atoms with Gasteiger partial charge < -0.3 is 5.11 Å². The van der Waals surface area contributed by atoms with Crippen LogP contribution in [0.5, 0.6) is 0 Å². The lowest BCUT2D eigenvalue weighted by Crippen LogP contribution is -2.37. The lowest BCUT2D eigenvalue weighted by molar-refractivity contribution is -0.143. The van der Waals surface area contributed by atoms with Crippen LogP contribution in [0.3, 0.4) is 0 Å². The molecule has 1 atom stereocenters. The number of carboxylic acid groups (broad SMARTS) is 1. The van der Waals surface area contributed by atoms with Crippen LogP contribution in [0.1, 0.15) is 37.3 Å². The van der Waals surface area contributed by atoms with E-state index in [0.717, 1.165) is 32.4 Å². The van der Waals surface area contributed by atoms with Gasteiger partial charge in [0, 0.05) is 13.1 Å². The molecule has 3 heteroatoms. The van der Waals surface area contributed by atoms with Gasteiger partial charge in [0.1, 0.15) is 6.04 Å². The monoisotopic (exact) mass is 233 g/mol. The van der Waals surface area contributed by atoms with Gasteiger partial charge in [0.2, 0.25) is 0 Å². The number of rotatable bonds is 5. The summed E-state index contributed by atoms with van der Waals surface area (Å²) < 4.78 is 0. The highest BCUT2D eigenvalue weighted by Crippen LogP contribution is 2.25. The molecule has 1 aliphatic rings. The summed E-state index contributed by atoms with van der Waals surface area (Å²) in [4.78, 5) is 13.4. The standard InChI is InChI=1S/C14H19NO2/c1-2-3-8-13(14(16)17)15-9-11-6-4-5-7-12(11)10-15/h4-7,13H,2-3,8-10H2,1H3,(H,16,17). The minimum atomic E-state index is -0.689. The summed E-state index contributed by atoms with van der Waals surface area (Å²) in [5, 5.41) is 9.30. The first kappa shape index (κ1) is 12.1. The molecule has 0 aliphatic carbocycles. The second-order valence-electron chi connectivity index (χ2n) is 4.67. The van der Waals surface area contributed by atoms with E-state index in [4.69, 9.17) is 0 Å². The quantitative estimate of drug-likeness (QED) is 0.850. The number of nitrogens with zero attached hydrogens (tertiary/aromatic N) is 1. The fourth-order valence-electron chi connectivity index (χ4n) is 2.44. The summed E-state index contributed by atoms with van der Waals surface area (Å²) >= 11 is 0. The largest absolute Gasteiger partial charge is 0.480 e. The average molecular weight is 233 g/mol. The highest BCUT2D eigenvalue weighted by molar-refractivity contribution is 5.73. The first-order chi connectivity index (χ1) is 8.22. The van der Waals surface area contributed by atoms with E-state index in [2.05, 4.69) is 24.0 Å². The van der Waals surface area contributed by atoms with Crippen LogP contribution >= 0.6 is 0 Å². The van der Waals surface area contributed by atoms with Gasteiger partial charge in [0.15, 0.2) is 0 Å². The minimum Gasteiger partial charge on any atom is -0.480 e. The van der Waals surface area contributed by atoms with Crippen LogP contribution in [0.15, 0.2) is 24.3 Å². The number of fused-ring (bicyclic) bond motifs is 1. The maximum absolute atomic E-state index is 11.3. The highest BCUT2D eigenvalue weighted by atomic mass is 16.4. The van der Waals surface area contributed by atoms with Gasteiger partial charge in [-0.25, -0.2) is 0 Å². The molecule has 2 rings (SSSR count). The van der Waals surface area contributed by atoms with Gasteiger partial charge in [0.05, 0.1) is 0 Å². The van der Waals surface area contributed by atoms with Crippen molar-refractivity contribution in [1.29, 1.82) is 0 Å². The van der Waals surface area contributed by atoms with Crippen LogP contribution in [-0.4, -0.2) is 22.0 Å². The summed E-state index contributed by atoms with van der Waals surface area (Å²) in [5.74, 6) is -0.689. The molecule has 17 heavy (non-hydrogen) atoms. The average Bonchev–Trinajstić information content (AvgIpc) is 2.72. The smallest absolute Gasteiger partial charge is 0.320 e. The molecule has 1 aromatic rings. The molecule has 1 aromatic carbocycles. The van der Waals surface area contributed by atoms with E-state index in [0.29, 0.717) is 0 Å². The second kappa shape index (κ2) is 5.32. The van der Waals surface area contributed by atoms with Crippen LogP contribution < -0.4 is 0 Å². The van der Waals surface area contributed by atoms with Crippen LogP contribution in [0.2, 0.25) is 0 Å². The number of aliphatic carboxylic acids is 1. The predicted molar refractivity (Wildman–Crippen MR) is 66.6 cm³/mol. The first-order valence-electron chi connectivity index (χ1n) is 6.26. The van der Waals surface area contributed by atoms with E-state index in [1.807, 2.05) is 12.1 Å². The van der Waals surface area contributed by atoms with Crippen LogP contribution in [0.25, 0.3) is 0 Å². The number of benzene rings is 1. The van der Waals surface area contributed by atoms with Gasteiger partial charge in [-0.05, 0) is 17.5 Å². The first-order valence-corrected chi connectivity index (χ1v) is 6.26. The van der Waals surface area contributed by atoms with Gasteiger partial charge in [-0.3, -0.25) is 9.69 Å². The number of carboxylic acids is 1. The minimum absolute atomic E-state index is 0.331. The van der Waals surface area contributed by atoms with Gasteiger partial charge in [-0.2, -0.15) is 0 Å². The Morgan fingerprint density at radius 2 is 1.94 bits per heavy atom. The van der Waals surface area contributed by atoms with Crippen molar-refractivity contribution in [2.75, 3.05) is 0 Å². The van der Waals surface area contributed by atoms with Crippen molar-refractivity contribution in [1.82, 2.24) is 4.90 Å². The molecule has 0 radical (unpaired) electrons. The molecular weight excluding hydrogens is 214 g/mol. The van der Waals surface area contributed by atoms with Gasteiger partial charge in [-0.1, -0.05) is 44.0 Å². The number of hydrogen-bond donors (Lipinski definition) is 1. The normalized spacial score (nSPS) is 16.8. The van der Waals surface area contributed by atoms with E-state index in [1.165, 1.54) is 11.1 Å². The van der Waals surface area contributed by atoms with Crippen molar-refractivity contribution in [2.24, 2.45) is 0 Å². The molecule has 1 aliphatic heterocycles. The Bertz CT molecular complexity index is 378. The Hall–Kier alpha value is -1.35. The van der Waals surface area contributed by atoms with Crippen molar-refractivity contribution in [3.8, 4) is 0 Å². The van der Waals surface area contributed by atoms with Crippen LogP contribution in [0.4, 0.5) is 0 Å². The maximum Gasteiger partial charge on any atom is 0.320 e. The van der Waals surface area contributed by atoms with E-state index in [9.17, 15) is 9.90 Å². The molecule has 1 unspecified atom stereocenters. The molecule has 92 valence electrons. The molecule has 3 nitrogen and oxygen atoms in total. The molecule has 0 aromatic heterocycles. The van der Waals surface area contributed by atoms with Crippen molar-refractivity contribution in [3.63, 3.8) is 0 Å². The molecular formula is C14H19NO2. The zero-order valence-electron chi connectivity index (χ0n) is 10.2. The Morgan fingerprint density at radius 3 is 2.41 bits per heavy atom.